The van der Waals surface area contributed by atoms with Crippen LogP contribution in [0.15, 0.2) is 54.7 Å². The number of thiazole rings is 1. The minimum atomic E-state index is -0.174. The van der Waals surface area contributed by atoms with E-state index in [1.165, 1.54) is 11.3 Å². The van der Waals surface area contributed by atoms with Crippen molar-refractivity contribution in [1.29, 1.82) is 0 Å². The average Bonchev–Trinajstić information content (AvgIpc) is 3.30. The molecule has 1 amide bonds. The van der Waals surface area contributed by atoms with E-state index in [4.69, 9.17) is 0 Å². The zero-order chi connectivity index (χ0) is 19.7. The van der Waals surface area contributed by atoms with Crippen LogP contribution in [-0.4, -0.2) is 25.7 Å². The number of anilines is 1. The van der Waals surface area contributed by atoms with Crippen molar-refractivity contribution in [2.24, 2.45) is 0 Å². The molecular formula is C21H21N5OS. The fraction of sp³-hybridized carbons (Fsp3) is 0.238. The molecule has 0 saturated carbocycles. The molecule has 0 N–H and O–H groups in total. The zero-order valence-electron chi connectivity index (χ0n) is 16.0. The van der Waals surface area contributed by atoms with Crippen molar-refractivity contribution in [1.82, 2.24) is 19.7 Å². The number of carbonyl (C=O) groups excluding carboxylic acids is 1. The van der Waals surface area contributed by atoms with Crippen LogP contribution in [0.25, 0.3) is 10.2 Å². The molecule has 0 saturated heterocycles. The van der Waals surface area contributed by atoms with Crippen LogP contribution in [0.3, 0.4) is 0 Å². The van der Waals surface area contributed by atoms with Gasteiger partial charge in [0.15, 0.2) is 10.8 Å². The Morgan fingerprint density at radius 2 is 1.96 bits per heavy atom. The number of pyridine rings is 1. The van der Waals surface area contributed by atoms with Crippen LogP contribution >= 0.6 is 11.3 Å². The van der Waals surface area contributed by atoms with Crippen molar-refractivity contribution < 1.29 is 4.79 Å². The highest BCUT2D eigenvalue weighted by Gasteiger charge is 2.25. The topological polar surface area (TPSA) is 63.9 Å². The summed E-state index contributed by atoms with van der Waals surface area (Å²) in [5.74, 6) is -0.174. The summed E-state index contributed by atoms with van der Waals surface area (Å²) in [5.41, 5.74) is 3.06. The number of fused-ring (bicyclic) bond motifs is 1. The van der Waals surface area contributed by atoms with Crippen molar-refractivity contribution in [3.05, 3.63) is 71.8 Å². The van der Waals surface area contributed by atoms with Crippen LogP contribution in [-0.2, 0) is 6.54 Å². The third-order valence-electron chi connectivity index (χ3n) is 4.44. The normalized spacial score (nSPS) is 11.3. The molecule has 0 atom stereocenters. The Labute approximate surface area is 167 Å². The molecule has 3 aromatic heterocycles. The minimum absolute atomic E-state index is 0.174. The Hall–Kier alpha value is -3.06. The molecule has 0 spiro atoms. The van der Waals surface area contributed by atoms with Crippen LogP contribution in [0.1, 0.15) is 41.8 Å². The zero-order valence-corrected chi connectivity index (χ0v) is 16.8. The number of hydrogen-bond donors (Lipinski definition) is 0. The number of amides is 1. The Morgan fingerprint density at radius 3 is 2.64 bits per heavy atom. The maximum absolute atomic E-state index is 13.4. The van der Waals surface area contributed by atoms with Crippen LogP contribution in [0.5, 0.6) is 0 Å². The molecule has 0 bridgehead atoms. The number of aromatic nitrogens is 4. The Kier molecular flexibility index (Phi) is 4.92. The first-order valence-electron chi connectivity index (χ1n) is 9.16. The van der Waals surface area contributed by atoms with Crippen LogP contribution < -0.4 is 4.90 Å². The third-order valence-corrected chi connectivity index (χ3v) is 5.49. The van der Waals surface area contributed by atoms with Gasteiger partial charge in [0.05, 0.1) is 22.5 Å². The van der Waals surface area contributed by atoms with E-state index in [2.05, 4.69) is 15.1 Å². The maximum Gasteiger partial charge on any atom is 0.280 e. The SMILES string of the molecule is Cc1cc(C(=O)N(Cc2ccccn2)c2nc3ccccc3s2)nn1C(C)C. The number of hydrogen-bond acceptors (Lipinski definition) is 5. The third kappa shape index (κ3) is 3.53. The predicted octanol–water partition coefficient (Wildman–Crippen LogP) is 4.62. The van der Waals surface area contributed by atoms with E-state index in [1.807, 2.05) is 74.0 Å². The Morgan fingerprint density at radius 1 is 1.18 bits per heavy atom. The van der Waals surface area contributed by atoms with Crippen molar-refractivity contribution >= 4 is 32.6 Å². The first kappa shape index (κ1) is 18.3. The molecule has 1 aromatic carbocycles. The van der Waals surface area contributed by atoms with Gasteiger partial charge in [0.25, 0.3) is 5.91 Å². The number of nitrogens with zero attached hydrogens (tertiary/aromatic N) is 5. The Balaban J connectivity index is 1.75. The molecule has 4 rings (SSSR count). The summed E-state index contributed by atoms with van der Waals surface area (Å²) in [6, 6.07) is 15.6. The summed E-state index contributed by atoms with van der Waals surface area (Å²) >= 11 is 1.50. The van der Waals surface area contributed by atoms with Gasteiger partial charge in [-0.2, -0.15) is 5.10 Å². The predicted molar refractivity (Wildman–Crippen MR) is 112 cm³/mol. The van der Waals surface area contributed by atoms with E-state index >= 15 is 0 Å². The van der Waals surface area contributed by atoms with E-state index in [9.17, 15) is 4.79 Å². The van der Waals surface area contributed by atoms with Gasteiger partial charge in [-0.1, -0.05) is 29.5 Å². The van der Waals surface area contributed by atoms with E-state index in [1.54, 1.807) is 11.1 Å². The lowest BCUT2D eigenvalue weighted by Crippen LogP contribution is -2.31. The van der Waals surface area contributed by atoms with Crippen LogP contribution in [0, 0.1) is 6.92 Å². The van der Waals surface area contributed by atoms with Gasteiger partial charge < -0.3 is 0 Å². The number of para-hydroxylation sites is 1. The molecular weight excluding hydrogens is 370 g/mol. The molecule has 0 aliphatic rings. The first-order chi connectivity index (χ1) is 13.5. The summed E-state index contributed by atoms with van der Waals surface area (Å²) in [7, 11) is 0. The molecule has 6 nitrogen and oxygen atoms in total. The molecule has 142 valence electrons. The van der Waals surface area contributed by atoms with Crippen molar-refractivity contribution in [2.45, 2.75) is 33.4 Å². The molecule has 0 radical (unpaired) electrons. The van der Waals surface area contributed by atoms with Gasteiger partial charge in [-0.25, -0.2) is 4.98 Å². The Bertz CT molecular complexity index is 1080. The largest absolute Gasteiger partial charge is 0.280 e. The number of aryl methyl sites for hydroxylation is 1. The van der Waals surface area contributed by atoms with Gasteiger partial charge in [-0.15, -0.1) is 0 Å². The smallest absolute Gasteiger partial charge is 0.276 e. The minimum Gasteiger partial charge on any atom is -0.276 e. The van der Waals surface area contributed by atoms with E-state index in [-0.39, 0.29) is 11.9 Å². The number of carbonyl (C=O) groups is 1. The van der Waals surface area contributed by atoms with Crippen molar-refractivity contribution in [2.75, 3.05) is 4.90 Å². The average molecular weight is 392 g/mol. The summed E-state index contributed by atoms with van der Waals surface area (Å²) in [6.07, 6.45) is 1.73. The monoisotopic (exact) mass is 391 g/mol. The molecule has 7 heteroatoms. The maximum atomic E-state index is 13.4. The van der Waals surface area contributed by atoms with Gasteiger partial charge in [0.1, 0.15) is 0 Å². The van der Waals surface area contributed by atoms with Gasteiger partial charge in [-0.3, -0.25) is 19.4 Å². The first-order valence-corrected chi connectivity index (χ1v) is 9.98. The van der Waals surface area contributed by atoms with Crippen LogP contribution in [0.4, 0.5) is 5.13 Å². The standard InChI is InChI=1S/C21H21N5OS/c1-14(2)26-15(3)12-18(24-26)20(27)25(13-16-8-6-7-11-22-16)21-23-17-9-4-5-10-19(17)28-21/h4-12,14H,13H2,1-3H3. The highest BCUT2D eigenvalue weighted by molar-refractivity contribution is 7.22. The van der Waals surface area contributed by atoms with Crippen LogP contribution in [0.2, 0.25) is 0 Å². The lowest BCUT2D eigenvalue weighted by molar-refractivity contribution is 0.0979. The summed E-state index contributed by atoms with van der Waals surface area (Å²) in [5, 5.41) is 5.18. The van der Waals surface area contributed by atoms with E-state index in [0.717, 1.165) is 21.6 Å². The molecule has 0 fully saturated rings. The van der Waals surface area contributed by atoms with Gasteiger partial charge in [0, 0.05) is 17.9 Å². The van der Waals surface area contributed by atoms with E-state index in [0.29, 0.717) is 17.4 Å². The molecule has 0 aliphatic carbocycles. The molecule has 28 heavy (non-hydrogen) atoms. The van der Waals surface area contributed by atoms with E-state index < -0.39 is 0 Å². The highest BCUT2D eigenvalue weighted by Crippen LogP contribution is 2.30. The summed E-state index contributed by atoms with van der Waals surface area (Å²) in [6.45, 7) is 6.40. The summed E-state index contributed by atoms with van der Waals surface area (Å²) < 4.78 is 2.91. The van der Waals surface area contributed by atoms with Crippen molar-refractivity contribution in [3.63, 3.8) is 0 Å². The quantitative estimate of drug-likeness (QED) is 0.498. The lowest BCUT2D eigenvalue weighted by Gasteiger charge is -2.18. The molecule has 3 heterocycles. The molecule has 0 aliphatic heterocycles. The van der Waals surface area contributed by atoms with Gasteiger partial charge >= 0.3 is 0 Å². The number of benzene rings is 1. The highest BCUT2D eigenvalue weighted by atomic mass is 32.1. The second-order valence-corrected chi connectivity index (χ2v) is 7.89. The second kappa shape index (κ2) is 7.52. The summed E-state index contributed by atoms with van der Waals surface area (Å²) in [4.78, 5) is 24.1. The van der Waals surface area contributed by atoms with Gasteiger partial charge in [0.2, 0.25) is 0 Å². The lowest BCUT2D eigenvalue weighted by atomic mass is 10.3. The van der Waals surface area contributed by atoms with Gasteiger partial charge in [-0.05, 0) is 51.1 Å². The number of rotatable bonds is 5. The fourth-order valence-corrected chi connectivity index (χ4v) is 4.07. The second-order valence-electron chi connectivity index (χ2n) is 6.89. The molecule has 4 aromatic rings. The fourth-order valence-electron chi connectivity index (χ4n) is 3.11. The van der Waals surface area contributed by atoms with Crippen molar-refractivity contribution in [3.8, 4) is 0 Å². The molecule has 0 unspecified atom stereocenters.